The van der Waals surface area contributed by atoms with E-state index in [1.807, 2.05) is 17.0 Å². The van der Waals surface area contributed by atoms with Crippen LogP contribution in [-0.4, -0.2) is 69.4 Å². The smallest absolute Gasteiger partial charge is 0.235 e. The van der Waals surface area contributed by atoms with E-state index in [4.69, 9.17) is 4.52 Å². The highest BCUT2D eigenvalue weighted by Gasteiger charge is 2.21. The summed E-state index contributed by atoms with van der Waals surface area (Å²) in [7, 11) is 0. The lowest BCUT2D eigenvalue weighted by Gasteiger charge is -2.34. The van der Waals surface area contributed by atoms with Gasteiger partial charge in [-0.1, -0.05) is 5.16 Å². The molecule has 0 saturated carbocycles. The molecular formula is C18H23N5O3S. The molecule has 2 aromatic heterocycles. The van der Waals surface area contributed by atoms with Gasteiger partial charge in [-0.15, -0.1) is 11.8 Å². The molecule has 0 radical (unpaired) electrons. The van der Waals surface area contributed by atoms with Gasteiger partial charge in [0.2, 0.25) is 11.8 Å². The molecule has 3 rings (SSSR count). The van der Waals surface area contributed by atoms with Crippen molar-refractivity contribution in [3.63, 3.8) is 0 Å². The maximum atomic E-state index is 12.3. The van der Waals surface area contributed by atoms with Gasteiger partial charge in [-0.05, 0) is 24.6 Å². The Morgan fingerprint density at radius 2 is 1.93 bits per heavy atom. The van der Waals surface area contributed by atoms with E-state index in [1.165, 1.54) is 17.3 Å². The van der Waals surface area contributed by atoms with Crippen LogP contribution in [0.25, 0.3) is 0 Å². The minimum Gasteiger partial charge on any atom is -0.360 e. The van der Waals surface area contributed by atoms with Gasteiger partial charge in [0.05, 0.1) is 11.5 Å². The highest BCUT2D eigenvalue weighted by molar-refractivity contribution is 8.00. The third-order valence-electron chi connectivity index (χ3n) is 4.23. The molecule has 1 fully saturated rings. The topological polar surface area (TPSA) is 91.6 Å². The van der Waals surface area contributed by atoms with E-state index in [0.717, 1.165) is 32.7 Å². The Hall–Kier alpha value is -2.39. The van der Waals surface area contributed by atoms with Gasteiger partial charge in [-0.3, -0.25) is 19.5 Å². The van der Waals surface area contributed by atoms with Gasteiger partial charge in [0.15, 0.2) is 5.82 Å². The van der Waals surface area contributed by atoms with Crippen LogP contribution in [0.1, 0.15) is 11.3 Å². The van der Waals surface area contributed by atoms with Crippen LogP contribution in [0.5, 0.6) is 0 Å². The van der Waals surface area contributed by atoms with E-state index in [9.17, 15) is 9.59 Å². The normalized spacial score (nSPS) is 14.9. The summed E-state index contributed by atoms with van der Waals surface area (Å²) in [4.78, 5) is 32.4. The average Bonchev–Trinajstić information content (AvgIpc) is 3.07. The van der Waals surface area contributed by atoms with Crippen molar-refractivity contribution < 1.29 is 14.1 Å². The molecule has 0 spiro atoms. The number of carbonyl (C=O) groups is 2. The monoisotopic (exact) mass is 389 g/mol. The molecule has 2 amide bonds. The van der Waals surface area contributed by atoms with Crippen molar-refractivity contribution in [1.82, 2.24) is 19.9 Å². The lowest BCUT2D eigenvalue weighted by atomic mass is 10.2. The van der Waals surface area contributed by atoms with Crippen LogP contribution in [-0.2, 0) is 16.1 Å². The molecule has 1 saturated heterocycles. The second-order valence-corrected chi connectivity index (χ2v) is 7.36. The third kappa shape index (κ3) is 6.07. The highest BCUT2D eigenvalue weighted by atomic mass is 32.2. The third-order valence-corrected chi connectivity index (χ3v) is 5.15. The van der Waals surface area contributed by atoms with Gasteiger partial charge < -0.3 is 14.7 Å². The summed E-state index contributed by atoms with van der Waals surface area (Å²) in [5.41, 5.74) is 1.23. The summed E-state index contributed by atoms with van der Waals surface area (Å²) in [6.45, 7) is 5.77. The number of aromatic nitrogens is 2. The van der Waals surface area contributed by atoms with Gasteiger partial charge >= 0.3 is 0 Å². The molecule has 3 heterocycles. The van der Waals surface area contributed by atoms with Crippen LogP contribution in [0.2, 0.25) is 0 Å². The summed E-state index contributed by atoms with van der Waals surface area (Å²) >= 11 is 1.31. The van der Waals surface area contributed by atoms with Crippen molar-refractivity contribution in [1.29, 1.82) is 0 Å². The van der Waals surface area contributed by atoms with E-state index >= 15 is 0 Å². The fraction of sp³-hybridized carbons (Fsp3) is 0.444. The quantitative estimate of drug-likeness (QED) is 0.765. The Bertz CT molecular complexity index is 759. The molecular weight excluding hydrogens is 366 g/mol. The molecule has 1 aliphatic rings. The van der Waals surface area contributed by atoms with E-state index in [2.05, 4.69) is 20.4 Å². The van der Waals surface area contributed by atoms with E-state index < -0.39 is 0 Å². The Balaban J connectivity index is 1.33. The lowest BCUT2D eigenvalue weighted by Crippen LogP contribution is -2.48. The molecule has 1 aliphatic heterocycles. The summed E-state index contributed by atoms with van der Waals surface area (Å²) in [6.07, 6.45) is 3.60. The number of hydrogen-bond donors (Lipinski definition) is 1. The van der Waals surface area contributed by atoms with E-state index in [1.54, 1.807) is 25.4 Å². The van der Waals surface area contributed by atoms with Gasteiger partial charge in [-0.25, -0.2) is 0 Å². The predicted molar refractivity (Wildman–Crippen MR) is 103 cm³/mol. The summed E-state index contributed by atoms with van der Waals surface area (Å²) in [5, 5.41) is 6.35. The number of thioether (sulfide) groups is 1. The van der Waals surface area contributed by atoms with Crippen molar-refractivity contribution in [3.8, 4) is 0 Å². The zero-order valence-corrected chi connectivity index (χ0v) is 16.1. The number of anilines is 1. The summed E-state index contributed by atoms with van der Waals surface area (Å²) in [6, 6.07) is 5.68. The van der Waals surface area contributed by atoms with E-state index in [-0.39, 0.29) is 17.6 Å². The van der Waals surface area contributed by atoms with Crippen LogP contribution in [0.3, 0.4) is 0 Å². The number of carbonyl (C=O) groups excluding carboxylic acids is 2. The lowest BCUT2D eigenvalue weighted by molar-refractivity contribution is -0.130. The number of amides is 2. The van der Waals surface area contributed by atoms with E-state index in [0.29, 0.717) is 17.3 Å². The van der Waals surface area contributed by atoms with Crippen molar-refractivity contribution >= 4 is 29.4 Å². The maximum absolute atomic E-state index is 12.3. The minimum atomic E-state index is -0.191. The fourth-order valence-electron chi connectivity index (χ4n) is 2.83. The molecule has 1 N–H and O–H groups in total. The molecule has 144 valence electrons. The van der Waals surface area contributed by atoms with Crippen LogP contribution in [0.4, 0.5) is 5.82 Å². The van der Waals surface area contributed by atoms with Gasteiger partial charge in [0.1, 0.15) is 5.76 Å². The zero-order chi connectivity index (χ0) is 19.1. The van der Waals surface area contributed by atoms with Crippen LogP contribution in [0.15, 0.2) is 35.1 Å². The molecule has 8 nitrogen and oxygen atoms in total. The number of nitrogens with one attached hydrogen (secondary N) is 1. The first-order valence-electron chi connectivity index (χ1n) is 8.80. The first kappa shape index (κ1) is 19.4. The average molecular weight is 389 g/mol. The van der Waals surface area contributed by atoms with Crippen molar-refractivity contribution in [3.05, 3.63) is 41.9 Å². The summed E-state index contributed by atoms with van der Waals surface area (Å²) in [5.74, 6) is 1.43. The molecule has 27 heavy (non-hydrogen) atoms. The fourth-order valence-corrected chi connectivity index (χ4v) is 3.55. The Morgan fingerprint density at radius 3 is 2.59 bits per heavy atom. The number of rotatable bonds is 7. The number of aryl methyl sites for hydroxylation is 1. The Morgan fingerprint density at radius 1 is 1.19 bits per heavy atom. The minimum absolute atomic E-state index is 0.0774. The molecule has 2 aromatic rings. The molecule has 0 bridgehead atoms. The number of nitrogens with zero attached hydrogens (tertiary/aromatic N) is 4. The largest absolute Gasteiger partial charge is 0.360 e. The second-order valence-electron chi connectivity index (χ2n) is 6.38. The van der Waals surface area contributed by atoms with Gasteiger partial charge in [0, 0.05) is 51.2 Å². The molecule has 0 unspecified atom stereocenters. The zero-order valence-electron chi connectivity index (χ0n) is 15.3. The Labute approximate surface area is 162 Å². The molecule has 0 aromatic carbocycles. The standard InChI is InChI=1S/C18H23N5O3S/c1-14-10-16(21-26-14)20-17(24)12-27-13-18(25)23-8-6-22(7-9-23)11-15-2-4-19-5-3-15/h2-5,10H,6-9,11-13H2,1H3,(H,20,21,24). The number of piperazine rings is 1. The second kappa shape index (κ2) is 9.52. The van der Waals surface area contributed by atoms with Crippen LogP contribution in [0, 0.1) is 6.92 Å². The van der Waals surface area contributed by atoms with Crippen molar-refractivity contribution in [2.75, 3.05) is 43.0 Å². The van der Waals surface area contributed by atoms with Gasteiger partial charge in [0.25, 0.3) is 0 Å². The molecule has 9 heteroatoms. The highest BCUT2D eigenvalue weighted by Crippen LogP contribution is 2.11. The first-order chi connectivity index (χ1) is 13.1. The summed E-state index contributed by atoms with van der Waals surface area (Å²) < 4.78 is 4.89. The Kier molecular flexibility index (Phi) is 6.83. The van der Waals surface area contributed by atoms with Crippen molar-refractivity contribution in [2.24, 2.45) is 0 Å². The number of pyridine rings is 1. The molecule has 0 atom stereocenters. The van der Waals surface area contributed by atoms with Gasteiger partial charge in [-0.2, -0.15) is 0 Å². The molecule has 0 aliphatic carbocycles. The predicted octanol–water partition coefficient (Wildman–Crippen LogP) is 1.39. The van der Waals surface area contributed by atoms with Crippen molar-refractivity contribution in [2.45, 2.75) is 13.5 Å². The first-order valence-corrected chi connectivity index (χ1v) is 9.95. The van der Waals surface area contributed by atoms with Crippen LogP contribution < -0.4 is 5.32 Å². The SMILES string of the molecule is Cc1cc(NC(=O)CSCC(=O)N2CCN(Cc3ccncc3)CC2)no1. The maximum Gasteiger partial charge on any atom is 0.235 e. The number of hydrogen-bond acceptors (Lipinski definition) is 7. The van der Waals surface area contributed by atoms with Crippen LogP contribution >= 0.6 is 11.8 Å².